The first-order valence-electron chi connectivity index (χ1n) is 9.18. The molecule has 2 aromatic carbocycles. The van der Waals surface area contributed by atoms with Crippen molar-refractivity contribution >= 4 is 31.8 Å². The van der Waals surface area contributed by atoms with E-state index in [2.05, 4.69) is 15.9 Å². The molecule has 6 heteroatoms. The van der Waals surface area contributed by atoms with Crippen LogP contribution in [0.4, 0.5) is 0 Å². The highest BCUT2D eigenvalue weighted by atomic mass is 79.9. The van der Waals surface area contributed by atoms with Gasteiger partial charge < -0.3 is 5.11 Å². The molecule has 2 rings (SSSR count). The SMILES string of the molecule is CC(C)(C)c1cc(/C=C(\C#N)S(=O)(=O)c2cccc(Br)c2)cc(C(C)(C)C)c1O. The van der Waals surface area contributed by atoms with Gasteiger partial charge in [0.05, 0.1) is 4.90 Å². The summed E-state index contributed by atoms with van der Waals surface area (Å²) in [5.41, 5.74) is 1.25. The van der Waals surface area contributed by atoms with E-state index in [1.165, 1.54) is 18.2 Å². The maximum Gasteiger partial charge on any atom is 0.216 e. The third-order valence-electron chi connectivity index (χ3n) is 4.55. The molecule has 0 aromatic heterocycles. The number of allylic oxidation sites excluding steroid dienone is 1. The summed E-state index contributed by atoms with van der Waals surface area (Å²) in [6.07, 6.45) is 1.38. The first-order chi connectivity index (χ1) is 13.2. The van der Waals surface area contributed by atoms with Crippen molar-refractivity contribution in [2.45, 2.75) is 57.3 Å². The van der Waals surface area contributed by atoms with Crippen LogP contribution in [0.15, 0.2) is 50.7 Å². The van der Waals surface area contributed by atoms with E-state index in [0.717, 1.165) is 0 Å². The minimum Gasteiger partial charge on any atom is -0.507 e. The van der Waals surface area contributed by atoms with Gasteiger partial charge in [-0.2, -0.15) is 5.26 Å². The molecule has 0 aliphatic heterocycles. The zero-order chi connectivity index (χ0) is 22.2. The summed E-state index contributed by atoms with van der Waals surface area (Å²) in [4.78, 5) is -0.299. The fourth-order valence-electron chi connectivity index (χ4n) is 2.97. The van der Waals surface area contributed by atoms with Gasteiger partial charge in [-0.1, -0.05) is 63.5 Å². The maximum atomic E-state index is 13.0. The molecule has 0 bridgehead atoms. The van der Waals surface area contributed by atoms with Crippen LogP contribution in [0.25, 0.3) is 6.08 Å². The smallest absolute Gasteiger partial charge is 0.216 e. The van der Waals surface area contributed by atoms with Crippen molar-refractivity contribution in [2.75, 3.05) is 0 Å². The van der Waals surface area contributed by atoms with Crippen molar-refractivity contribution in [1.82, 2.24) is 0 Å². The molecule has 0 radical (unpaired) electrons. The van der Waals surface area contributed by atoms with Crippen molar-refractivity contribution < 1.29 is 13.5 Å². The van der Waals surface area contributed by atoms with Gasteiger partial charge in [-0.15, -0.1) is 0 Å². The summed E-state index contributed by atoms with van der Waals surface area (Å²) in [6, 6.07) is 11.6. The minimum absolute atomic E-state index is 0.0468. The van der Waals surface area contributed by atoms with Crippen LogP contribution >= 0.6 is 15.9 Å². The van der Waals surface area contributed by atoms with Gasteiger partial charge in [0.1, 0.15) is 16.7 Å². The molecular weight excluding hydrogens is 450 g/mol. The summed E-state index contributed by atoms with van der Waals surface area (Å²) in [5, 5.41) is 20.4. The largest absolute Gasteiger partial charge is 0.507 e. The molecule has 29 heavy (non-hydrogen) atoms. The Balaban J connectivity index is 2.76. The van der Waals surface area contributed by atoms with Crippen LogP contribution in [0, 0.1) is 11.3 Å². The van der Waals surface area contributed by atoms with E-state index in [1.807, 2.05) is 47.6 Å². The topological polar surface area (TPSA) is 78.2 Å². The predicted octanol–water partition coefficient (Wildman–Crippen LogP) is 6.09. The van der Waals surface area contributed by atoms with Gasteiger partial charge in [-0.05, 0) is 52.8 Å². The lowest BCUT2D eigenvalue weighted by Crippen LogP contribution is -2.17. The zero-order valence-electron chi connectivity index (χ0n) is 17.5. The number of phenols is 1. The molecule has 0 spiro atoms. The van der Waals surface area contributed by atoms with E-state index in [9.17, 15) is 18.8 Å². The number of nitrogens with zero attached hydrogens (tertiary/aromatic N) is 1. The molecule has 0 aliphatic rings. The van der Waals surface area contributed by atoms with Crippen LogP contribution in [-0.2, 0) is 20.7 Å². The standard InChI is InChI=1S/C23H26BrNO3S/c1-22(2,3)19-11-15(12-20(21(19)26)23(4,5)6)10-18(14-25)29(27,28)17-9-7-8-16(24)13-17/h7-13,26H,1-6H3/b18-10+. The van der Waals surface area contributed by atoms with Gasteiger partial charge >= 0.3 is 0 Å². The lowest BCUT2D eigenvalue weighted by atomic mass is 9.78. The fraction of sp³-hybridized carbons (Fsp3) is 0.348. The number of hydrogen-bond donors (Lipinski definition) is 1. The van der Waals surface area contributed by atoms with Crippen molar-refractivity contribution in [2.24, 2.45) is 0 Å². The van der Waals surface area contributed by atoms with Crippen LogP contribution < -0.4 is 0 Å². The summed E-state index contributed by atoms with van der Waals surface area (Å²) >= 11 is 3.27. The summed E-state index contributed by atoms with van der Waals surface area (Å²) in [5.74, 6) is 0.204. The average Bonchev–Trinajstić information content (AvgIpc) is 2.58. The Morgan fingerprint density at radius 2 is 1.55 bits per heavy atom. The number of rotatable bonds is 3. The molecule has 0 unspecified atom stereocenters. The lowest BCUT2D eigenvalue weighted by Gasteiger charge is -2.28. The average molecular weight is 476 g/mol. The molecule has 154 valence electrons. The van der Waals surface area contributed by atoms with Crippen molar-refractivity contribution in [3.63, 3.8) is 0 Å². The van der Waals surface area contributed by atoms with Crippen LogP contribution in [0.5, 0.6) is 5.75 Å². The maximum absolute atomic E-state index is 13.0. The molecule has 0 saturated carbocycles. The predicted molar refractivity (Wildman–Crippen MR) is 120 cm³/mol. The Labute approximate surface area is 181 Å². The Morgan fingerprint density at radius 1 is 1.03 bits per heavy atom. The molecule has 0 atom stereocenters. The van der Waals surface area contributed by atoms with Crippen molar-refractivity contribution in [1.29, 1.82) is 5.26 Å². The number of halogens is 1. The third-order valence-corrected chi connectivity index (χ3v) is 6.71. The van der Waals surface area contributed by atoms with E-state index >= 15 is 0 Å². The quantitative estimate of drug-likeness (QED) is 0.544. The van der Waals surface area contributed by atoms with Gasteiger partial charge in [0.2, 0.25) is 9.84 Å². The highest BCUT2D eigenvalue weighted by molar-refractivity contribution is 9.10. The normalized spacial score (nSPS) is 13.2. The number of sulfone groups is 1. The summed E-state index contributed by atoms with van der Waals surface area (Å²) in [6.45, 7) is 11.9. The number of aromatic hydroxyl groups is 1. The summed E-state index contributed by atoms with van der Waals surface area (Å²) in [7, 11) is -3.97. The van der Waals surface area contributed by atoms with Crippen LogP contribution in [0.2, 0.25) is 0 Å². The van der Waals surface area contributed by atoms with E-state index < -0.39 is 9.84 Å². The Hall–Kier alpha value is -2.10. The number of benzene rings is 2. The molecule has 1 N–H and O–H groups in total. The second-order valence-corrected chi connectivity index (χ2v) is 11.9. The molecule has 0 aliphatic carbocycles. The van der Waals surface area contributed by atoms with Gasteiger partial charge in [-0.25, -0.2) is 8.42 Å². The molecule has 0 saturated heterocycles. The lowest BCUT2D eigenvalue weighted by molar-refractivity contribution is 0.423. The Kier molecular flexibility index (Phi) is 6.37. The van der Waals surface area contributed by atoms with Gasteiger partial charge in [0.15, 0.2) is 0 Å². The van der Waals surface area contributed by atoms with Crippen LogP contribution in [-0.4, -0.2) is 13.5 Å². The molecule has 0 amide bonds. The Morgan fingerprint density at radius 3 is 1.97 bits per heavy atom. The van der Waals surface area contributed by atoms with E-state index in [4.69, 9.17) is 0 Å². The van der Waals surface area contributed by atoms with Crippen LogP contribution in [0.1, 0.15) is 58.2 Å². The number of phenolic OH excluding ortho intramolecular Hbond substituents is 1. The number of hydrogen-bond acceptors (Lipinski definition) is 4. The molecule has 2 aromatic rings. The second-order valence-electron chi connectivity index (χ2n) is 9.05. The minimum atomic E-state index is -3.97. The van der Waals surface area contributed by atoms with Crippen molar-refractivity contribution in [3.05, 3.63) is 62.5 Å². The zero-order valence-corrected chi connectivity index (χ0v) is 19.9. The molecule has 4 nitrogen and oxygen atoms in total. The van der Waals surface area contributed by atoms with Gasteiger partial charge in [0.25, 0.3) is 0 Å². The summed E-state index contributed by atoms with van der Waals surface area (Å²) < 4.78 is 26.6. The van der Waals surface area contributed by atoms with Gasteiger partial charge in [-0.3, -0.25) is 0 Å². The van der Waals surface area contributed by atoms with Crippen molar-refractivity contribution in [3.8, 4) is 11.8 Å². The third kappa shape index (κ3) is 5.09. The molecular formula is C23H26BrNO3S. The first-order valence-corrected chi connectivity index (χ1v) is 11.5. The molecule has 0 fully saturated rings. The fourth-order valence-corrected chi connectivity index (χ4v) is 4.72. The first kappa shape index (κ1) is 23.2. The number of nitriles is 1. The van der Waals surface area contributed by atoms with E-state index in [-0.39, 0.29) is 26.4 Å². The second kappa shape index (κ2) is 7.97. The Bertz CT molecular complexity index is 1080. The highest BCUT2D eigenvalue weighted by Crippen LogP contribution is 2.40. The highest BCUT2D eigenvalue weighted by Gasteiger charge is 2.27. The van der Waals surface area contributed by atoms with E-state index in [1.54, 1.807) is 24.3 Å². The monoisotopic (exact) mass is 475 g/mol. The van der Waals surface area contributed by atoms with E-state index in [0.29, 0.717) is 21.2 Å². The van der Waals surface area contributed by atoms with Crippen LogP contribution in [0.3, 0.4) is 0 Å². The van der Waals surface area contributed by atoms with Gasteiger partial charge in [0, 0.05) is 15.6 Å². The molecule has 0 heterocycles.